The maximum Gasteiger partial charge on any atom is 0.234 e. The van der Waals surface area contributed by atoms with Crippen LogP contribution in [-0.4, -0.2) is 18.6 Å². The molecule has 4 heteroatoms. The Labute approximate surface area is 113 Å². The Morgan fingerprint density at radius 2 is 2.26 bits per heavy atom. The van der Waals surface area contributed by atoms with E-state index in [1.165, 1.54) is 11.1 Å². The van der Waals surface area contributed by atoms with Crippen LogP contribution in [-0.2, 0) is 23.1 Å². The summed E-state index contributed by atoms with van der Waals surface area (Å²) in [7, 11) is 0. The van der Waals surface area contributed by atoms with E-state index >= 15 is 0 Å². The minimum atomic E-state index is -0.534. The predicted molar refractivity (Wildman–Crippen MR) is 74.7 cm³/mol. The van der Waals surface area contributed by atoms with E-state index in [9.17, 15) is 4.79 Å². The molecule has 1 unspecified atom stereocenters. The van der Waals surface area contributed by atoms with Gasteiger partial charge in [0.15, 0.2) is 0 Å². The van der Waals surface area contributed by atoms with Crippen molar-refractivity contribution in [3.63, 3.8) is 0 Å². The number of fused-ring (bicyclic) bond motifs is 3. The molecular formula is C15H20N2O2. The lowest BCUT2D eigenvalue weighted by Gasteiger charge is -2.19. The second-order valence-electron chi connectivity index (χ2n) is 5.89. The highest BCUT2D eigenvalue weighted by molar-refractivity contribution is 6.07. The lowest BCUT2D eigenvalue weighted by atomic mass is 9.83. The van der Waals surface area contributed by atoms with E-state index in [0.717, 1.165) is 29.8 Å². The molecule has 1 amide bonds. The second kappa shape index (κ2) is 3.97. The van der Waals surface area contributed by atoms with Gasteiger partial charge in [0, 0.05) is 18.5 Å². The van der Waals surface area contributed by atoms with Crippen molar-refractivity contribution in [1.29, 1.82) is 0 Å². The Balaban J connectivity index is 2.23. The third-order valence-electron chi connectivity index (χ3n) is 4.25. The maximum atomic E-state index is 12.2. The molecule has 0 spiro atoms. The van der Waals surface area contributed by atoms with Crippen molar-refractivity contribution in [2.24, 2.45) is 5.73 Å². The topological polar surface area (TPSA) is 64.3 Å². The molecule has 2 heterocycles. The van der Waals surface area contributed by atoms with E-state index in [1.54, 1.807) is 0 Å². The van der Waals surface area contributed by atoms with Gasteiger partial charge >= 0.3 is 0 Å². The molecule has 4 nitrogen and oxygen atoms in total. The zero-order valence-electron chi connectivity index (χ0n) is 11.7. The minimum absolute atomic E-state index is 0.0395. The van der Waals surface area contributed by atoms with Gasteiger partial charge in [-0.2, -0.15) is 0 Å². The highest BCUT2D eigenvalue weighted by Gasteiger charge is 2.44. The number of hydrogen-bond donors (Lipinski definition) is 2. The van der Waals surface area contributed by atoms with Crippen LogP contribution in [0.2, 0.25) is 0 Å². The first-order valence-corrected chi connectivity index (χ1v) is 6.86. The zero-order chi connectivity index (χ0) is 13.8. The molecular weight excluding hydrogens is 240 g/mol. The average molecular weight is 260 g/mol. The van der Waals surface area contributed by atoms with Crippen molar-refractivity contribution >= 4 is 11.6 Å². The summed E-state index contributed by atoms with van der Waals surface area (Å²) in [5.41, 5.74) is 9.53. The number of aryl methyl sites for hydroxylation is 1. The molecule has 3 N–H and O–H groups in total. The van der Waals surface area contributed by atoms with E-state index in [2.05, 4.69) is 18.3 Å². The Bertz CT molecular complexity index is 564. The van der Waals surface area contributed by atoms with E-state index in [0.29, 0.717) is 6.54 Å². The van der Waals surface area contributed by atoms with E-state index in [-0.39, 0.29) is 12.0 Å². The normalized spacial score (nSPS) is 22.7. The summed E-state index contributed by atoms with van der Waals surface area (Å²) in [5, 5.41) is 3.02. The summed E-state index contributed by atoms with van der Waals surface area (Å²) < 4.78 is 5.97. The van der Waals surface area contributed by atoms with Crippen molar-refractivity contribution in [2.45, 2.75) is 45.1 Å². The van der Waals surface area contributed by atoms with Gasteiger partial charge in [0.05, 0.1) is 11.1 Å². The molecule has 0 saturated heterocycles. The van der Waals surface area contributed by atoms with Gasteiger partial charge in [-0.3, -0.25) is 4.79 Å². The summed E-state index contributed by atoms with van der Waals surface area (Å²) in [6.45, 7) is 6.52. The van der Waals surface area contributed by atoms with E-state index in [1.807, 2.05) is 13.8 Å². The van der Waals surface area contributed by atoms with Gasteiger partial charge in [-0.25, -0.2) is 0 Å². The third-order valence-corrected chi connectivity index (χ3v) is 4.25. The van der Waals surface area contributed by atoms with Crippen LogP contribution in [0, 0.1) is 0 Å². The van der Waals surface area contributed by atoms with Crippen LogP contribution in [0.1, 0.15) is 37.5 Å². The summed E-state index contributed by atoms with van der Waals surface area (Å²) in [6.07, 6.45) is 1.79. The van der Waals surface area contributed by atoms with Gasteiger partial charge < -0.3 is 15.8 Å². The van der Waals surface area contributed by atoms with Gasteiger partial charge in [-0.05, 0) is 37.5 Å². The van der Waals surface area contributed by atoms with Crippen molar-refractivity contribution < 1.29 is 9.53 Å². The Kier molecular flexibility index (Phi) is 2.61. The van der Waals surface area contributed by atoms with Gasteiger partial charge in [0.1, 0.15) is 11.9 Å². The fourth-order valence-corrected chi connectivity index (χ4v) is 3.06. The third kappa shape index (κ3) is 1.59. The van der Waals surface area contributed by atoms with Crippen molar-refractivity contribution in [2.75, 3.05) is 11.9 Å². The van der Waals surface area contributed by atoms with Gasteiger partial charge in [-0.1, -0.05) is 6.92 Å². The van der Waals surface area contributed by atoms with Crippen LogP contribution >= 0.6 is 0 Å². The largest absolute Gasteiger partial charge is 0.488 e. The second-order valence-corrected chi connectivity index (χ2v) is 5.89. The molecule has 2 aliphatic rings. The number of nitrogens with two attached hydrogens (primary N) is 1. The number of anilines is 1. The van der Waals surface area contributed by atoms with Gasteiger partial charge in [0.2, 0.25) is 5.91 Å². The van der Waals surface area contributed by atoms with Crippen molar-refractivity contribution in [3.8, 4) is 5.75 Å². The Morgan fingerprint density at radius 1 is 1.53 bits per heavy atom. The Hall–Kier alpha value is -1.55. The quantitative estimate of drug-likeness (QED) is 0.851. The van der Waals surface area contributed by atoms with Gasteiger partial charge in [0.25, 0.3) is 0 Å². The van der Waals surface area contributed by atoms with Crippen molar-refractivity contribution in [1.82, 2.24) is 0 Å². The lowest BCUT2D eigenvalue weighted by Crippen LogP contribution is -2.28. The average Bonchev–Trinajstić information content (AvgIpc) is 2.88. The molecule has 1 atom stereocenters. The van der Waals surface area contributed by atoms with Crippen LogP contribution in [0.15, 0.2) is 6.07 Å². The highest BCUT2D eigenvalue weighted by atomic mass is 16.5. The first kappa shape index (κ1) is 12.5. The predicted octanol–water partition coefficient (Wildman–Crippen LogP) is 1.74. The van der Waals surface area contributed by atoms with E-state index < -0.39 is 5.41 Å². The number of rotatable bonds is 2. The fourth-order valence-electron chi connectivity index (χ4n) is 3.06. The molecule has 2 aliphatic heterocycles. The smallest absolute Gasteiger partial charge is 0.234 e. The number of carbonyl (C=O) groups is 1. The first-order valence-electron chi connectivity index (χ1n) is 6.86. The van der Waals surface area contributed by atoms with Gasteiger partial charge in [-0.15, -0.1) is 0 Å². The van der Waals surface area contributed by atoms with Crippen LogP contribution in [0.5, 0.6) is 5.75 Å². The standard InChI is InChI=1S/C15H20N2O2/c1-4-8-5-9-6-10(7-16)19-13(9)11-12(8)17-14(18)15(11,2)3/h5,10H,4,6-7,16H2,1-3H3,(H,17,18). The molecule has 0 saturated carbocycles. The number of ether oxygens (including phenoxy) is 1. The first-order chi connectivity index (χ1) is 8.98. The molecule has 19 heavy (non-hydrogen) atoms. The molecule has 102 valence electrons. The fraction of sp³-hybridized carbons (Fsp3) is 0.533. The zero-order valence-corrected chi connectivity index (χ0v) is 11.7. The molecule has 0 aromatic heterocycles. The SMILES string of the molecule is CCc1cc2c(c3c1NC(=O)C3(C)C)OC(CN)C2. The Morgan fingerprint density at radius 3 is 2.89 bits per heavy atom. The van der Waals surface area contributed by atoms with Crippen molar-refractivity contribution in [3.05, 3.63) is 22.8 Å². The van der Waals surface area contributed by atoms with Crippen LogP contribution in [0.3, 0.4) is 0 Å². The summed E-state index contributed by atoms with van der Waals surface area (Å²) in [4.78, 5) is 12.2. The molecule has 0 bridgehead atoms. The number of benzene rings is 1. The summed E-state index contributed by atoms with van der Waals surface area (Å²) in [6, 6.07) is 2.16. The lowest BCUT2D eigenvalue weighted by molar-refractivity contribution is -0.119. The van der Waals surface area contributed by atoms with Crippen LogP contribution < -0.4 is 15.8 Å². The summed E-state index contributed by atoms with van der Waals surface area (Å²) in [5.74, 6) is 0.927. The number of carbonyl (C=O) groups excluding carboxylic acids is 1. The minimum Gasteiger partial charge on any atom is -0.488 e. The van der Waals surface area contributed by atoms with Crippen LogP contribution in [0.25, 0.3) is 0 Å². The molecule has 1 aromatic rings. The molecule has 0 radical (unpaired) electrons. The number of nitrogens with one attached hydrogen (secondary N) is 1. The molecule has 0 aliphatic carbocycles. The van der Waals surface area contributed by atoms with Crippen LogP contribution in [0.4, 0.5) is 5.69 Å². The van der Waals surface area contributed by atoms with E-state index in [4.69, 9.17) is 10.5 Å². The molecule has 0 fully saturated rings. The summed E-state index contributed by atoms with van der Waals surface area (Å²) >= 11 is 0. The molecule has 3 rings (SSSR count). The maximum absolute atomic E-state index is 12.2. The molecule has 1 aromatic carbocycles. The number of hydrogen-bond acceptors (Lipinski definition) is 3. The number of amides is 1. The monoisotopic (exact) mass is 260 g/mol. The highest BCUT2D eigenvalue weighted by Crippen LogP contribution is 2.49.